The summed E-state index contributed by atoms with van der Waals surface area (Å²) in [5.41, 5.74) is 0. The molecule has 0 nitrogen and oxygen atoms in total. The summed E-state index contributed by atoms with van der Waals surface area (Å²) < 4.78 is 11.0. The van der Waals surface area contributed by atoms with Crippen molar-refractivity contribution in [3.05, 3.63) is 0 Å². The van der Waals surface area contributed by atoms with E-state index < -0.39 is 11.0 Å². The van der Waals surface area contributed by atoms with Crippen LogP contribution in [0.1, 0.15) is 0 Å². The van der Waals surface area contributed by atoms with Gasteiger partial charge in [0.05, 0.1) is 0 Å². The molecule has 0 saturated heterocycles. The molecule has 0 fully saturated rings. The van der Waals surface area contributed by atoms with Crippen LogP contribution in [0.3, 0.4) is 0 Å². The van der Waals surface area contributed by atoms with E-state index in [1.54, 1.807) is 0 Å². The SMILES string of the molecule is [F][Al]([Br])[Br]. The Labute approximate surface area is 42.5 Å². The van der Waals surface area contributed by atoms with E-state index in [9.17, 15) is 3.52 Å². The van der Waals surface area contributed by atoms with E-state index in [0.717, 1.165) is 0 Å². The minimum atomic E-state index is -2.01. The Kier molecular flexibility index (Phi) is 3.59. The molecule has 0 atom stereocenters. The van der Waals surface area contributed by atoms with Gasteiger partial charge < -0.3 is 3.52 Å². The highest BCUT2D eigenvalue weighted by molar-refractivity contribution is 9.48. The van der Waals surface area contributed by atoms with Gasteiger partial charge in [0.1, 0.15) is 0 Å². The van der Waals surface area contributed by atoms with Gasteiger partial charge in [0.25, 0.3) is 0 Å². The maximum absolute atomic E-state index is 11.0. The Morgan fingerprint density at radius 1 is 1.50 bits per heavy atom. The highest BCUT2D eigenvalue weighted by atomic mass is 79.9. The molecule has 0 aliphatic heterocycles. The fraction of sp³-hybridized carbons (Fsp3) is 0. The van der Waals surface area contributed by atoms with Gasteiger partial charge in [0.2, 0.25) is 0 Å². The van der Waals surface area contributed by atoms with Crippen LogP contribution in [0.15, 0.2) is 0 Å². The summed E-state index contributed by atoms with van der Waals surface area (Å²) in [6.07, 6.45) is 0. The molecule has 4 heavy (non-hydrogen) atoms. The number of hydrogen-bond acceptors (Lipinski definition) is 0. The molecule has 0 bridgehead atoms. The quantitative estimate of drug-likeness (QED) is 0.529. The molecule has 0 aromatic rings. The van der Waals surface area contributed by atoms with E-state index in [2.05, 4.69) is 28.1 Å². The van der Waals surface area contributed by atoms with Crippen LogP contribution in [0.2, 0.25) is 0 Å². The summed E-state index contributed by atoms with van der Waals surface area (Å²) >= 11 is 5.32. The fourth-order valence-electron chi connectivity index (χ4n) is 0. The first-order valence-electron chi connectivity index (χ1n) is 0.655. The zero-order chi connectivity index (χ0) is 3.58. The van der Waals surface area contributed by atoms with Crippen molar-refractivity contribution in [1.82, 2.24) is 0 Å². The Balaban J connectivity index is 2.32. The van der Waals surface area contributed by atoms with Gasteiger partial charge in [-0.2, -0.15) is 28.1 Å². The average Bonchev–Trinajstić information content (AvgIpc) is 0.811. The topological polar surface area (TPSA) is 0 Å². The Morgan fingerprint density at radius 2 is 1.50 bits per heavy atom. The van der Waals surface area contributed by atoms with Crippen LogP contribution in [0, 0.1) is 0 Å². The van der Waals surface area contributed by atoms with Gasteiger partial charge in [-0.1, -0.05) is 0 Å². The van der Waals surface area contributed by atoms with Gasteiger partial charge in [-0.05, 0) is 0 Å². The lowest BCUT2D eigenvalue weighted by Gasteiger charge is -1.57. The van der Waals surface area contributed by atoms with Crippen LogP contribution in [0.25, 0.3) is 0 Å². The van der Waals surface area contributed by atoms with Gasteiger partial charge >= 0.3 is 11.0 Å². The minimum absolute atomic E-state index is 2.01. The lowest BCUT2D eigenvalue weighted by Crippen LogP contribution is -1.66. The third-order valence-electron chi connectivity index (χ3n) is 0. The maximum atomic E-state index is 11.0. The predicted molar refractivity (Wildman–Crippen MR) is 24.7 cm³/mol. The van der Waals surface area contributed by atoms with Crippen molar-refractivity contribution in [1.29, 1.82) is 0 Å². The molecule has 0 saturated carbocycles. The second-order valence-electron chi connectivity index (χ2n) is 0.247. The van der Waals surface area contributed by atoms with Crippen LogP contribution in [-0.2, 0) is 0 Å². The molecule has 0 aromatic carbocycles. The molecule has 0 radical (unpaired) electrons. The van der Waals surface area contributed by atoms with Crippen LogP contribution in [0.5, 0.6) is 0 Å². The summed E-state index contributed by atoms with van der Waals surface area (Å²) in [7, 11) is -2.01. The molecule has 4 heteroatoms. The van der Waals surface area contributed by atoms with E-state index in [0.29, 0.717) is 0 Å². The molecule has 0 spiro atoms. The fourth-order valence-corrected chi connectivity index (χ4v) is 0. The first-order chi connectivity index (χ1) is 1.73. The molecule has 0 amide bonds. The van der Waals surface area contributed by atoms with E-state index >= 15 is 0 Å². The first kappa shape index (κ1) is 5.42. The van der Waals surface area contributed by atoms with Crippen molar-refractivity contribution >= 4 is 39.1 Å². The summed E-state index contributed by atoms with van der Waals surface area (Å²) in [5, 5.41) is 0. The molecule has 0 N–H and O–H groups in total. The Morgan fingerprint density at radius 3 is 1.50 bits per heavy atom. The van der Waals surface area contributed by atoms with Gasteiger partial charge in [-0.3, -0.25) is 0 Å². The molecule has 0 aliphatic carbocycles. The lowest BCUT2D eigenvalue weighted by atomic mass is 18.9. The Hall–Kier alpha value is 1.42. The van der Waals surface area contributed by atoms with E-state index in [-0.39, 0.29) is 0 Å². The van der Waals surface area contributed by atoms with Gasteiger partial charge in [0.15, 0.2) is 0 Å². The number of hydrogen-bond donors (Lipinski definition) is 0. The summed E-state index contributed by atoms with van der Waals surface area (Å²) in [6.45, 7) is 0. The van der Waals surface area contributed by atoms with E-state index in [1.165, 1.54) is 0 Å². The first-order valence-corrected chi connectivity index (χ1v) is 7.46. The molecule has 0 unspecified atom stereocenters. The van der Waals surface area contributed by atoms with Gasteiger partial charge in [0, 0.05) is 0 Å². The number of halogens is 3. The monoisotopic (exact) mass is 204 g/mol. The minimum Gasteiger partial charge on any atom is -0.383 e. The second kappa shape index (κ2) is 2.65. The molecule has 0 rings (SSSR count). The molecule has 0 aromatic heterocycles. The molecule has 24 valence electrons. The average molecular weight is 206 g/mol. The van der Waals surface area contributed by atoms with Gasteiger partial charge in [-0.25, -0.2) is 0 Å². The summed E-state index contributed by atoms with van der Waals surface area (Å²) in [4.78, 5) is 0. The van der Waals surface area contributed by atoms with Gasteiger partial charge in [-0.15, -0.1) is 0 Å². The van der Waals surface area contributed by atoms with E-state index in [1.807, 2.05) is 0 Å². The lowest BCUT2D eigenvalue weighted by molar-refractivity contribution is 0.891. The van der Waals surface area contributed by atoms with E-state index in [4.69, 9.17) is 0 Å². The maximum Gasteiger partial charge on any atom is 0.693 e. The highest BCUT2D eigenvalue weighted by Crippen LogP contribution is 2.00. The van der Waals surface area contributed by atoms with Crippen molar-refractivity contribution in [3.8, 4) is 0 Å². The zero-order valence-corrected chi connectivity index (χ0v) is 6.04. The van der Waals surface area contributed by atoms with Crippen molar-refractivity contribution in [2.24, 2.45) is 0 Å². The number of rotatable bonds is 0. The van der Waals surface area contributed by atoms with Crippen molar-refractivity contribution < 1.29 is 3.52 Å². The normalized spacial score (nSPS) is 6.75. The van der Waals surface area contributed by atoms with Crippen molar-refractivity contribution in [2.45, 2.75) is 0 Å². The van der Waals surface area contributed by atoms with Crippen LogP contribution >= 0.6 is 28.1 Å². The molecular formula is AlBr2F. The third-order valence-corrected chi connectivity index (χ3v) is 0. The zero-order valence-electron chi connectivity index (χ0n) is 1.71. The van der Waals surface area contributed by atoms with Crippen LogP contribution in [0.4, 0.5) is 3.52 Å². The summed E-state index contributed by atoms with van der Waals surface area (Å²) in [6, 6.07) is 0. The molecule has 0 heterocycles. The van der Waals surface area contributed by atoms with Crippen molar-refractivity contribution in [3.63, 3.8) is 0 Å². The third kappa shape index (κ3) is 9.93. The standard InChI is InChI=1S/Al.2BrH.FH/h;3*1H/q+3;;;/p-3. The largest absolute Gasteiger partial charge is 0.693 e. The predicted octanol–water partition coefficient (Wildman–Crippen LogP) is 1.73. The summed E-state index contributed by atoms with van der Waals surface area (Å²) in [5.74, 6) is 0. The molecule has 0 aliphatic rings. The smallest absolute Gasteiger partial charge is 0.383 e. The second-order valence-corrected chi connectivity index (χ2v) is 9.25. The van der Waals surface area contributed by atoms with Crippen LogP contribution < -0.4 is 0 Å². The Bertz CT molecular complexity index is 10.8. The molecular weight excluding hydrogens is 206 g/mol. The van der Waals surface area contributed by atoms with Crippen LogP contribution in [-0.4, -0.2) is 11.0 Å². The van der Waals surface area contributed by atoms with Crippen molar-refractivity contribution in [2.75, 3.05) is 0 Å². The highest BCUT2D eigenvalue weighted by Gasteiger charge is 2.03.